The maximum Gasteiger partial charge on any atom is 0.194 e. The fourth-order valence-corrected chi connectivity index (χ4v) is 3.55. The molecule has 3 rings (SSSR count). The van der Waals surface area contributed by atoms with Crippen LogP contribution in [0, 0.1) is 0 Å². The summed E-state index contributed by atoms with van der Waals surface area (Å²) in [5.41, 5.74) is 3.36. The number of benzene rings is 2. The summed E-state index contributed by atoms with van der Waals surface area (Å²) in [6.45, 7) is 5.50. The molecule has 1 heterocycles. The third kappa shape index (κ3) is 4.80. The molecular weight excluding hydrogens is 338 g/mol. The topological polar surface area (TPSA) is 57.1 Å². The van der Waals surface area contributed by atoms with Crippen LogP contribution in [0.5, 0.6) is 5.75 Å². The molecule has 0 radical (unpaired) electrons. The highest BCUT2D eigenvalue weighted by Gasteiger charge is 2.26. The van der Waals surface area contributed by atoms with Gasteiger partial charge in [-0.05, 0) is 42.2 Å². The minimum atomic E-state index is 0.0471. The Hall–Kier alpha value is -2.53. The van der Waals surface area contributed by atoms with Crippen molar-refractivity contribution in [2.75, 3.05) is 26.7 Å². The molecule has 0 spiro atoms. The van der Waals surface area contributed by atoms with Crippen LogP contribution in [0.2, 0.25) is 0 Å². The van der Waals surface area contributed by atoms with E-state index in [1.807, 2.05) is 36.4 Å². The second-order valence-electron chi connectivity index (χ2n) is 6.80. The molecular formula is C22H29N3O2. The molecule has 144 valence electrons. The average molecular weight is 367 g/mol. The number of nitrogens with one attached hydrogen (secondary N) is 1. The van der Waals surface area contributed by atoms with Crippen molar-refractivity contribution in [2.45, 2.75) is 32.4 Å². The van der Waals surface area contributed by atoms with E-state index < -0.39 is 0 Å². The van der Waals surface area contributed by atoms with Crippen LogP contribution in [0.15, 0.2) is 53.5 Å². The molecule has 5 nitrogen and oxygen atoms in total. The highest BCUT2D eigenvalue weighted by molar-refractivity contribution is 5.80. The van der Waals surface area contributed by atoms with Crippen LogP contribution in [0.25, 0.3) is 0 Å². The minimum Gasteiger partial charge on any atom is -0.497 e. The van der Waals surface area contributed by atoms with E-state index in [9.17, 15) is 5.11 Å². The molecule has 1 aliphatic rings. The Morgan fingerprint density at radius 2 is 1.93 bits per heavy atom. The molecule has 0 amide bonds. The van der Waals surface area contributed by atoms with Crippen molar-refractivity contribution in [3.8, 4) is 5.75 Å². The van der Waals surface area contributed by atoms with E-state index >= 15 is 0 Å². The van der Waals surface area contributed by atoms with Crippen molar-refractivity contribution in [2.24, 2.45) is 4.99 Å². The predicted octanol–water partition coefficient (Wildman–Crippen LogP) is 3.14. The number of ether oxygens (including phenoxy) is 1. The SMILES string of the molecule is CCNC(=NCc1ccccc1CO)N1CCC(c2ccc(OC)cc2)C1. The van der Waals surface area contributed by atoms with Gasteiger partial charge in [0.15, 0.2) is 5.96 Å². The predicted molar refractivity (Wildman–Crippen MR) is 109 cm³/mol. The molecule has 2 N–H and O–H groups in total. The molecule has 1 atom stereocenters. The molecule has 1 saturated heterocycles. The fourth-order valence-electron chi connectivity index (χ4n) is 3.55. The van der Waals surface area contributed by atoms with Crippen LogP contribution < -0.4 is 10.1 Å². The number of methoxy groups -OCH3 is 1. The summed E-state index contributed by atoms with van der Waals surface area (Å²) in [6, 6.07) is 16.3. The van der Waals surface area contributed by atoms with Gasteiger partial charge in [0.1, 0.15) is 5.75 Å². The lowest BCUT2D eigenvalue weighted by molar-refractivity contribution is 0.280. The third-order valence-electron chi connectivity index (χ3n) is 5.10. The normalized spacial score (nSPS) is 17.2. The quantitative estimate of drug-likeness (QED) is 0.608. The van der Waals surface area contributed by atoms with Gasteiger partial charge in [-0.2, -0.15) is 0 Å². The molecule has 0 saturated carbocycles. The lowest BCUT2D eigenvalue weighted by Crippen LogP contribution is -2.40. The van der Waals surface area contributed by atoms with Crippen molar-refractivity contribution in [1.29, 1.82) is 0 Å². The van der Waals surface area contributed by atoms with E-state index in [0.29, 0.717) is 12.5 Å². The molecule has 0 bridgehead atoms. The zero-order valence-corrected chi connectivity index (χ0v) is 16.2. The van der Waals surface area contributed by atoms with Crippen molar-refractivity contribution >= 4 is 5.96 Å². The highest BCUT2D eigenvalue weighted by atomic mass is 16.5. The van der Waals surface area contributed by atoms with Crippen LogP contribution >= 0.6 is 0 Å². The molecule has 1 fully saturated rings. The molecule has 27 heavy (non-hydrogen) atoms. The Labute approximate surface area is 161 Å². The fraction of sp³-hybridized carbons (Fsp3) is 0.409. The van der Waals surface area contributed by atoms with Gasteiger partial charge in [0, 0.05) is 25.6 Å². The van der Waals surface area contributed by atoms with E-state index in [1.54, 1.807) is 7.11 Å². The molecule has 2 aromatic carbocycles. The van der Waals surface area contributed by atoms with Crippen molar-refractivity contribution in [3.63, 3.8) is 0 Å². The summed E-state index contributed by atoms with van der Waals surface area (Å²) < 4.78 is 5.26. The van der Waals surface area contributed by atoms with Crippen molar-refractivity contribution < 1.29 is 9.84 Å². The van der Waals surface area contributed by atoms with Gasteiger partial charge in [0.25, 0.3) is 0 Å². The molecule has 2 aromatic rings. The van der Waals surface area contributed by atoms with Crippen molar-refractivity contribution in [3.05, 3.63) is 65.2 Å². The van der Waals surface area contributed by atoms with Crippen LogP contribution in [0.4, 0.5) is 0 Å². The van der Waals surface area contributed by atoms with Gasteiger partial charge in [0.05, 0.1) is 20.3 Å². The maximum atomic E-state index is 9.51. The standard InChI is InChI=1S/C22H29N3O2/c1-3-23-22(24-14-18-6-4-5-7-20(18)16-26)25-13-12-19(15-25)17-8-10-21(27-2)11-9-17/h4-11,19,26H,3,12-16H2,1-2H3,(H,23,24). The molecule has 1 unspecified atom stereocenters. The number of nitrogens with zero attached hydrogens (tertiary/aromatic N) is 2. The van der Waals surface area contributed by atoms with Gasteiger partial charge in [-0.1, -0.05) is 36.4 Å². The number of hydrogen-bond donors (Lipinski definition) is 2. The number of guanidine groups is 1. The summed E-state index contributed by atoms with van der Waals surface area (Å²) in [4.78, 5) is 7.16. The summed E-state index contributed by atoms with van der Waals surface area (Å²) in [5.74, 6) is 2.34. The van der Waals surface area contributed by atoms with Crippen molar-refractivity contribution in [1.82, 2.24) is 10.2 Å². The number of aliphatic hydroxyl groups is 1. The smallest absolute Gasteiger partial charge is 0.194 e. The zero-order valence-electron chi connectivity index (χ0n) is 16.2. The first-order valence-corrected chi connectivity index (χ1v) is 9.60. The van der Waals surface area contributed by atoms with E-state index in [2.05, 4.69) is 29.3 Å². The van der Waals surface area contributed by atoms with Crippen LogP contribution in [-0.4, -0.2) is 42.7 Å². The molecule has 0 aromatic heterocycles. The van der Waals surface area contributed by atoms with Gasteiger partial charge < -0.3 is 20.1 Å². The number of aliphatic hydroxyl groups excluding tert-OH is 1. The second kappa shape index (κ2) is 9.42. The Morgan fingerprint density at radius 1 is 1.19 bits per heavy atom. The van der Waals surface area contributed by atoms with Gasteiger partial charge >= 0.3 is 0 Å². The van der Waals surface area contributed by atoms with Gasteiger partial charge in [0.2, 0.25) is 0 Å². The van der Waals surface area contributed by atoms with E-state index in [0.717, 1.165) is 48.9 Å². The largest absolute Gasteiger partial charge is 0.497 e. The lowest BCUT2D eigenvalue weighted by atomic mass is 9.98. The van der Waals surface area contributed by atoms with Crippen LogP contribution in [0.1, 0.15) is 36.0 Å². The maximum absolute atomic E-state index is 9.51. The van der Waals surface area contributed by atoms with Gasteiger partial charge in [-0.15, -0.1) is 0 Å². The first kappa shape index (κ1) is 19.2. The summed E-state index contributed by atoms with van der Waals surface area (Å²) in [5, 5.41) is 12.9. The van der Waals surface area contributed by atoms with E-state index in [-0.39, 0.29) is 6.61 Å². The first-order chi connectivity index (χ1) is 13.2. The summed E-state index contributed by atoms with van der Waals surface area (Å²) in [7, 11) is 1.69. The van der Waals surface area contributed by atoms with Crippen LogP contribution in [-0.2, 0) is 13.2 Å². The molecule has 1 aliphatic heterocycles. The molecule has 0 aliphatic carbocycles. The lowest BCUT2D eigenvalue weighted by Gasteiger charge is -2.22. The number of likely N-dealkylation sites (tertiary alicyclic amines) is 1. The van der Waals surface area contributed by atoms with Gasteiger partial charge in [-0.25, -0.2) is 4.99 Å². The third-order valence-corrected chi connectivity index (χ3v) is 5.10. The van der Waals surface area contributed by atoms with Gasteiger partial charge in [-0.3, -0.25) is 0 Å². The Morgan fingerprint density at radius 3 is 2.59 bits per heavy atom. The van der Waals surface area contributed by atoms with E-state index in [1.165, 1.54) is 5.56 Å². The van der Waals surface area contributed by atoms with Crippen LogP contribution in [0.3, 0.4) is 0 Å². The number of rotatable bonds is 6. The summed E-state index contributed by atoms with van der Waals surface area (Å²) >= 11 is 0. The highest BCUT2D eigenvalue weighted by Crippen LogP contribution is 2.28. The first-order valence-electron chi connectivity index (χ1n) is 9.60. The number of aliphatic imine (C=N–C) groups is 1. The second-order valence-corrected chi connectivity index (χ2v) is 6.80. The summed E-state index contributed by atoms with van der Waals surface area (Å²) in [6.07, 6.45) is 1.12. The monoisotopic (exact) mass is 367 g/mol. The number of hydrogen-bond acceptors (Lipinski definition) is 3. The van der Waals surface area contributed by atoms with E-state index in [4.69, 9.17) is 9.73 Å². The molecule has 5 heteroatoms. The minimum absolute atomic E-state index is 0.0471. The Balaban J connectivity index is 1.69. The zero-order chi connectivity index (χ0) is 19.1. The Kier molecular flexibility index (Phi) is 6.71. The Bertz CT molecular complexity index is 758. The average Bonchev–Trinajstić information content (AvgIpc) is 3.21.